The average Bonchev–Trinajstić information content (AvgIpc) is 2.89. The fourth-order valence-electron chi connectivity index (χ4n) is 2.79. The van der Waals surface area contributed by atoms with Crippen LogP contribution in [0.25, 0.3) is 0 Å². The molecule has 2 heterocycles. The second-order valence-corrected chi connectivity index (χ2v) is 4.83. The van der Waals surface area contributed by atoms with Gasteiger partial charge in [-0.1, -0.05) is 0 Å². The van der Waals surface area contributed by atoms with Crippen LogP contribution >= 0.6 is 0 Å². The molecule has 1 N–H and O–H groups in total. The quantitative estimate of drug-likeness (QED) is 0.793. The minimum atomic E-state index is -0.304. The van der Waals surface area contributed by atoms with E-state index in [9.17, 15) is 9.18 Å². The number of fused-ring (bicyclic) bond motifs is 1. The molecular formula is C13H15FN2O. The SMILES string of the molecule is O=C(c1ccc(F)cc1)N1CC2CCNC2C1. The Balaban J connectivity index is 1.73. The van der Waals surface area contributed by atoms with Gasteiger partial charge in [-0.25, -0.2) is 4.39 Å². The topological polar surface area (TPSA) is 32.3 Å². The number of benzene rings is 1. The van der Waals surface area contributed by atoms with Gasteiger partial charge in [-0.05, 0) is 43.1 Å². The number of carbonyl (C=O) groups is 1. The van der Waals surface area contributed by atoms with Crippen molar-refractivity contribution in [2.24, 2.45) is 5.92 Å². The number of hydrogen-bond donors (Lipinski definition) is 1. The number of amides is 1. The second-order valence-electron chi connectivity index (χ2n) is 4.83. The lowest BCUT2D eigenvalue weighted by molar-refractivity contribution is 0.0782. The summed E-state index contributed by atoms with van der Waals surface area (Å²) in [6.45, 7) is 2.67. The zero-order chi connectivity index (χ0) is 11.8. The predicted molar refractivity (Wildman–Crippen MR) is 62.2 cm³/mol. The summed E-state index contributed by atoms with van der Waals surface area (Å²) < 4.78 is 12.8. The van der Waals surface area contributed by atoms with E-state index in [1.807, 2.05) is 4.90 Å². The molecular weight excluding hydrogens is 219 g/mol. The number of likely N-dealkylation sites (tertiary alicyclic amines) is 1. The first-order valence-corrected chi connectivity index (χ1v) is 6.02. The third-order valence-electron chi connectivity index (χ3n) is 3.74. The van der Waals surface area contributed by atoms with Crippen LogP contribution in [0.15, 0.2) is 24.3 Å². The molecule has 1 aromatic carbocycles. The van der Waals surface area contributed by atoms with Gasteiger partial charge in [-0.3, -0.25) is 4.79 Å². The van der Waals surface area contributed by atoms with Crippen LogP contribution in [0, 0.1) is 11.7 Å². The van der Waals surface area contributed by atoms with Crippen molar-refractivity contribution in [1.82, 2.24) is 10.2 Å². The summed E-state index contributed by atoms with van der Waals surface area (Å²) in [7, 11) is 0. The maximum Gasteiger partial charge on any atom is 0.253 e. The van der Waals surface area contributed by atoms with Gasteiger partial charge in [0.05, 0.1) is 0 Å². The zero-order valence-electron chi connectivity index (χ0n) is 9.53. The molecule has 4 heteroatoms. The Kier molecular flexibility index (Phi) is 2.59. The molecule has 0 aromatic heterocycles. The van der Waals surface area contributed by atoms with Crippen molar-refractivity contribution in [2.75, 3.05) is 19.6 Å². The van der Waals surface area contributed by atoms with Crippen molar-refractivity contribution in [1.29, 1.82) is 0 Å². The summed E-state index contributed by atoms with van der Waals surface area (Å²) in [6.07, 6.45) is 1.15. The van der Waals surface area contributed by atoms with E-state index >= 15 is 0 Å². The van der Waals surface area contributed by atoms with Crippen LogP contribution in [0.5, 0.6) is 0 Å². The largest absolute Gasteiger partial charge is 0.337 e. The van der Waals surface area contributed by atoms with E-state index < -0.39 is 0 Å². The maximum atomic E-state index is 12.8. The van der Waals surface area contributed by atoms with Gasteiger partial charge in [-0.15, -0.1) is 0 Å². The van der Waals surface area contributed by atoms with Crippen LogP contribution in [-0.4, -0.2) is 36.5 Å². The number of rotatable bonds is 1. The number of nitrogens with one attached hydrogen (secondary N) is 1. The van der Waals surface area contributed by atoms with E-state index in [0.29, 0.717) is 17.5 Å². The summed E-state index contributed by atoms with van der Waals surface area (Å²) in [6, 6.07) is 6.24. The summed E-state index contributed by atoms with van der Waals surface area (Å²) in [5.41, 5.74) is 0.575. The van der Waals surface area contributed by atoms with Gasteiger partial charge >= 0.3 is 0 Å². The lowest BCUT2D eigenvalue weighted by atomic mass is 10.1. The molecule has 0 radical (unpaired) electrons. The molecule has 1 amide bonds. The highest BCUT2D eigenvalue weighted by Gasteiger charge is 2.37. The Labute approximate surface area is 99.6 Å². The molecule has 2 aliphatic rings. The number of halogens is 1. The van der Waals surface area contributed by atoms with Gasteiger partial charge in [0.15, 0.2) is 0 Å². The molecule has 0 aliphatic carbocycles. The Morgan fingerprint density at radius 2 is 2.06 bits per heavy atom. The first-order valence-electron chi connectivity index (χ1n) is 6.02. The van der Waals surface area contributed by atoms with Crippen LogP contribution in [-0.2, 0) is 0 Å². The fraction of sp³-hybridized carbons (Fsp3) is 0.462. The smallest absolute Gasteiger partial charge is 0.253 e. The minimum Gasteiger partial charge on any atom is -0.337 e. The summed E-state index contributed by atoms with van der Waals surface area (Å²) in [5, 5.41) is 3.41. The van der Waals surface area contributed by atoms with E-state index in [1.54, 1.807) is 12.1 Å². The Morgan fingerprint density at radius 1 is 1.29 bits per heavy atom. The third kappa shape index (κ3) is 1.93. The molecule has 90 valence electrons. The van der Waals surface area contributed by atoms with Crippen molar-refractivity contribution < 1.29 is 9.18 Å². The van der Waals surface area contributed by atoms with E-state index in [4.69, 9.17) is 0 Å². The first-order chi connectivity index (χ1) is 8.24. The molecule has 2 saturated heterocycles. The van der Waals surface area contributed by atoms with Crippen molar-refractivity contribution in [2.45, 2.75) is 12.5 Å². The van der Waals surface area contributed by atoms with E-state index in [-0.39, 0.29) is 11.7 Å². The monoisotopic (exact) mass is 234 g/mol. The number of hydrogen-bond acceptors (Lipinski definition) is 2. The molecule has 1 aromatic rings. The lowest BCUT2D eigenvalue weighted by Crippen LogP contribution is -2.33. The van der Waals surface area contributed by atoms with Crippen molar-refractivity contribution in [3.63, 3.8) is 0 Å². The van der Waals surface area contributed by atoms with Gasteiger partial charge in [-0.2, -0.15) is 0 Å². The van der Waals surface area contributed by atoms with Crippen LogP contribution in [0.2, 0.25) is 0 Å². The van der Waals surface area contributed by atoms with E-state index in [1.165, 1.54) is 12.1 Å². The molecule has 3 nitrogen and oxygen atoms in total. The zero-order valence-corrected chi connectivity index (χ0v) is 9.53. The second kappa shape index (κ2) is 4.11. The highest BCUT2D eigenvalue weighted by atomic mass is 19.1. The maximum absolute atomic E-state index is 12.8. The van der Waals surface area contributed by atoms with Gasteiger partial charge < -0.3 is 10.2 Å². The van der Waals surface area contributed by atoms with Gasteiger partial charge in [0.1, 0.15) is 5.82 Å². The number of carbonyl (C=O) groups excluding carboxylic acids is 1. The minimum absolute atomic E-state index is 0.0150. The molecule has 0 spiro atoms. The number of nitrogens with zero attached hydrogens (tertiary/aromatic N) is 1. The summed E-state index contributed by atoms with van der Waals surface area (Å²) >= 11 is 0. The fourth-order valence-corrected chi connectivity index (χ4v) is 2.79. The Morgan fingerprint density at radius 3 is 2.76 bits per heavy atom. The highest BCUT2D eigenvalue weighted by Crippen LogP contribution is 2.25. The molecule has 0 saturated carbocycles. The highest BCUT2D eigenvalue weighted by molar-refractivity contribution is 5.94. The average molecular weight is 234 g/mol. The predicted octanol–water partition coefficient (Wildman–Crippen LogP) is 1.26. The van der Waals surface area contributed by atoms with E-state index in [2.05, 4.69) is 5.32 Å². The Hall–Kier alpha value is -1.42. The normalized spacial score (nSPS) is 27.2. The molecule has 2 aliphatic heterocycles. The molecule has 0 bridgehead atoms. The molecule has 2 unspecified atom stereocenters. The van der Waals surface area contributed by atoms with E-state index in [0.717, 1.165) is 26.1 Å². The van der Waals surface area contributed by atoms with Crippen LogP contribution < -0.4 is 5.32 Å². The van der Waals surface area contributed by atoms with Crippen molar-refractivity contribution in [3.05, 3.63) is 35.6 Å². The Bertz CT molecular complexity index is 420. The lowest BCUT2D eigenvalue weighted by Gasteiger charge is -2.17. The molecule has 2 fully saturated rings. The van der Waals surface area contributed by atoms with Gasteiger partial charge in [0, 0.05) is 24.7 Å². The third-order valence-corrected chi connectivity index (χ3v) is 3.74. The standard InChI is InChI=1S/C13H15FN2O/c14-11-3-1-9(2-4-11)13(17)16-7-10-5-6-15-12(10)8-16/h1-4,10,12,15H,5-8H2. The first kappa shape index (κ1) is 10.7. The summed E-state index contributed by atoms with van der Waals surface area (Å²) in [5.74, 6) is 0.308. The van der Waals surface area contributed by atoms with Crippen molar-refractivity contribution >= 4 is 5.91 Å². The van der Waals surface area contributed by atoms with Crippen LogP contribution in [0.3, 0.4) is 0 Å². The summed E-state index contributed by atoms with van der Waals surface area (Å²) in [4.78, 5) is 14.0. The molecule has 17 heavy (non-hydrogen) atoms. The van der Waals surface area contributed by atoms with Gasteiger partial charge in [0.2, 0.25) is 0 Å². The molecule has 2 atom stereocenters. The molecule has 3 rings (SSSR count). The van der Waals surface area contributed by atoms with Crippen LogP contribution in [0.4, 0.5) is 4.39 Å². The van der Waals surface area contributed by atoms with Crippen molar-refractivity contribution in [3.8, 4) is 0 Å². The van der Waals surface area contributed by atoms with Crippen LogP contribution in [0.1, 0.15) is 16.8 Å². The van der Waals surface area contributed by atoms with Gasteiger partial charge in [0.25, 0.3) is 5.91 Å².